The first-order chi connectivity index (χ1) is 9.86. The van der Waals surface area contributed by atoms with Gasteiger partial charge in [0.15, 0.2) is 0 Å². The largest absolute Gasteiger partial charge is 0.313 e. The summed E-state index contributed by atoms with van der Waals surface area (Å²) in [5.41, 5.74) is 1.29. The van der Waals surface area contributed by atoms with E-state index in [9.17, 15) is 0 Å². The molecule has 0 bridgehead atoms. The van der Waals surface area contributed by atoms with Gasteiger partial charge < -0.3 is 5.32 Å². The van der Waals surface area contributed by atoms with Crippen LogP contribution in [-0.2, 0) is 6.42 Å². The molecule has 1 unspecified atom stereocenters. The van der Waals surface area contributed by atoms with Crippen LogP contribution in [0.25, 0.3) is 0 Å². The van der Waals surface area contributed by atoms with Crippen molar-refractivity contribution in [1.82, 2.24) is 15.1 Å². The lowest BCUT2D eigenvalue weighted by molar-refractivity contribution is 0.226. The van der Waals surface area contributed by atoms with Gasteiger partial charge in [-0.1, -0.05) is 26.2 Å². The monoisotopic (exact) mass is 275 g/mol. The van der Waals surface area contributed by atoms with Gasteiger partial charge in [0.2, 0.25) is 0 Å². The van der Waals surface area contributed by atoms with E-state index in [-0.39, 0.29) is 0 Å². The molecule has 0 aromatic carbocycles. The zero-order valence-electron chi connectivity index (χ0n) is 12.9. The number of nitrogens with one attached hydrogen (secondary N) is 1. The summed E-state index contributed by atoms with van der Waals surface area (Å²) >= 11 is 0. The fourth-order valence-corrected chi connectivity index (χ4v) is 3.66. The third-order valence-corrected chi connectivity index (χ3v) is 5.17. The minimum Gasteiger partial charge on any atom is -0.313 e. The van der Waals surface area contributed by atoms with E-state index in [2.05, 4.69) is 29.2 Å². The summed E-state index contributed by atoms with van der Waals surface area (Å²) in [6, 6.07) is 3.57. The van der Waals surface area contributed by atoms with Gasteiger partial charge >= 0.3 is 0 Å². The van der Waals surface area contributed by atoms with Gasteiger partial charge in [-0.25, -0.2) is 0 Å². The molecule has 2 aliphatic carbocycles. The Balaban J connectivity index is 1.59. The van der Waals surface area contributed by atoms with Gasteiger partial charge in [0.1, 0.15) is 0 Å². The van der Waals surface area contributed by atoms with Crippen molar-refractivity contribution in [2.75, 3.05) is 6.54 Å². The molecular weight excluding hydrogens is 246 g/mol. The molecule has 1 atom stereocenters. The van der Waals surface area contributed by atoms with E-state index in [0.29, 0.717) is 12.1 Å². The first kappa shape index (κ1) is 14.1. The summed E-state index contributed by atoms with van der Waals surface area (Å²) in [7, 11) is 0. The molecule has 0 radical (unpaired) electrons. The Labute approximate surface area is 123 Å². The third kappa shape index (κ3) is 3.25. The van der Waals surface area contributed by atoms with Crippen molar-refractivity contribution in [2.24, 2.45) is 5.92 Å². The Hall–Kier alpha value is -0.830. The maximum absolute atomic E-state index is 4.86. The number of nitrogens with zero attached hydrogens (tertiary/aromatic N) is 2. The predicted molar refractivity (Wildman–Crippen MR) is 82.9 cm³/mol. The first-order valence-corrected chi connectivity index (χ1v) is 8.64. The Morgan fingerprint density at radius 1 is 1.25 bits per heavy atom. The zero-order chi connectivity index (χ0) is 13.8. The Morgan fingerprint density at radius 3 is 2.70 bits per heavy atom. The summed E-state index contributed by atoms with van der Waals surface area (Å²) in [6.45, 7) is 3.39. The molecule has 1 aromatic rings. The van der Waals surface area contributed by atoms with Crippen LogP contribution in [0.1, 0.15) is 70.0 Å². The van der Waals surface area contributed by atoms with E-state index < -0.39 is 0 Å². The van der Waals surface area contributed by atoms with Gasteiger partial charge in [0.05, 0.1) is 11.7 Å². The molecule has 2 fully saturated rings. The fraction of sp³-hybridized carbons (Fsp3) is 0.824. The number of hydrogen-bond donors (Lipinski definition) is 1. The van der Waals surface area contributed by atoms with Crippen LogP contribution < -0.4 is 5.32 Å². The van der Waals surface area contributed by atoms with Crippen LogP contribution in [0.5, 0.6) is 0 Å². The maximum atomic E-state index is 4.86. The molecule has 20 heavy (non-hydrogen) atoms. The smallest absolute Gasteiger partial charge is 0.0640 e. The van der Waals surface area contributed by atoms with Crippen LogP contribution in [0.3, 0.4) is 0 Å². The molecule has 0 aliphatic heterocycles. The molecular formula is C17H29N3. The second-order valence-electron chi connectivity index (χ2n) is 6.68. The normalized spacial score (nSPS) is 22.1. The summed E-state index contributed by atoms with van der Waals surface area (Å²) in [5, 5.41) is 8.61. The van der Waals surface area contributed by atoms with Crippen molar-refractivity contribution in [3.8, 4) is 0 Å². The number of hydrogen-bond acceptors (Lipinski definition) is 2. The summed E-state index contributed by atoms with van der Waals surface area (Å²) < 4.78 is 2.24. The van der Waals surface area contributed by atoms with E-state index in [4.69, 9.17) is 5.10 Å². The van der Waals surface area contributed by atoms with Gasteiger partial charge in [0, 0.05) is 18.7 Å². The molecule has 1 N–H and O–H groups in total. The van der Waals surface area contributed by atoms with Gasteiger partial charge in [0.25, 0.3) is 0 Å². The van der Waals surface area contributed by atoms with Crippen LogP contribution in [0.15, 0.2) is 12.3 Å². The molecule has 112 valence electrons. The zero-order valence-corrected chi connectivity index (χ0v) is 12.9. The molecule has 0 amide bonds. The summed E-state index contributed by atoms with van der Waals surface area (Å²) in [4.78, 5) is 0. The minimum atomic E-state index is 0.649. The van der Waals surface area contributed by atoms with Crippen LogP contribution in [0.4, 0.5) is 0 Å². The highest BCUT2D eigenvalue weighted by atomic mass is 15.3. The summed E-state index contributed by atoms with van der Waals surface area (Å²) in [5.74, 6) is 0.887. The lowest BCUT2D eigenvalue weighted by Crippen LogP contribution is -2.41. The Bertz CT molecular complexity index is 402. The number of rotatable bonds is 7. The van der Waals surface area contributed by atoms with E-state index in [1.54, 1.807) is 0 Å². The fourth-order valence-electron chi connectivity index (χ4n) is 3.66. The number of aromatic nitrogens is 2. The van der Waals surface area contributed by atoms with Gasteiger partial charge in [-0.05, 0) is 50.6 Å². The van der Waals surface area contributed by atoms with Crippen LogP contribution >= 0.6 is 0 Å². The second kappa shape index (κ2) is 6.75. The molecule has 3 heteroatoms. The highest BCUT2D eigenvalue weighted by molar-refractivity contribution is 5.04. The first-order valence-electron chi connectivity index (χ1n) is 8.64. The van der Waals surface area contributed by atoms with Crippen LogP contribution in [0.2, 0.25) is 0 Å². The van der Waals surface area contributed by atoms with Gasteiger partial charge in [-0.2, -0.15) is 5.10 Å². The van der Waals surface area contributed by atoms with Crippen LogP contribution in [0, 0.1) is 5.92 Å². The van der Waals surface area contributed by atoms with Crippen molar-refractivity contribution < 1.29 is 0 Å². The van der Waals surface area contributed by atoms with Crippen LogP contribution in [-0.4, -0.2) is 22.4 Å². The quantitative estimate of drug-likeness (QED) is 0.822. The highest BCUT2D eigenvalue weighted by Gasteiger charge is 2.27. The average molecular weight is 275 g/mol. The van der Waals surface area contributed by atoms with Gasteiger partial charge in [-0.3, -0.25) is 4.68 Å². The van der Waals surface area contributed by atoms with E-state index in [1.165, 1.54) is 57.1 Å². The Kier molecular flexibility index (Phi) is 4.77. The molecule has 0 saturated heterocycles. The van der Waals surface area contributed by atoms with E-state index in [1.807, 2.05) is 0 Å². The van der Waals surface area contributed by atoms with E-state index in [0.717, 1.165) is 18.9 Å². The molecule has 2 aliphatic rings. The molecule has 3 rings (SSSR count). The maximum Gasteiger partial charge on any atom is 0.0640 e. The average Bonchev–Trinajstić information content (AvgIpc) is 3.04. The van der Waals surface area contributed by atoms with Crippen molar-refractivity contribution in [2.45, 2.75) is 76.8 Å². The third-order valence-electron chi connectivity index (χ3n) is 5.17. The van der Waals surface area contributed by atoms with Gasteiger partial charge in [-0.15, -0.1) is 0 Å². The lowest BCUT2D eigenvalue weighted by Gasteiger charge is -2.34. The molecule has 1 heterocycles. The molecule has 0 spiro atoms. The molecule has 2 saturated carbocycles. The molecule has 3 nitrogen and oxygen atoms in total. The van der Waals surface area contributed by atoms with Crippen molar-refractivity contribution in [3.05, 3.63) is 18.0 Å². The predicted octanol–water partition coefficient (Wildman–Crippen LogP) is 3.71. The standard InChI is InChI=1S/C17H29N3/c1-2-11-18-17(14-6-5-7-14)13-15-10-12-20(19-15)16-8-3-4-9-16/h10,12,14,16-18H,2-9,11,13H2,1H3. The molecule has 1 aromatic heterocycles. The Morgan fingerprint density at radius 2 is 2.05 bits per heavy atom. The minimum absolute atomic E-state index is 0.649. The van der Waals surface area contributed by atoms with E-state index >= 15 is 0 Å². The lowest BCUT2D eigenvalue weighted by atomic mass is 9.78. The van der Waals surface area contributed by atoms with Crippen molar-refractivity contribution in [3.63, 3.8) is 0 Å². The topological polar surface area (TPSA) is 29.9 Å². The summed E-state index contributed by atoms with van der Waals surface area (Å²) in [6.07, 6.45) is 14.2. The second-order valence-corrected chi connectivity index (χ2v) is 6.68. The SMILES string of the molecule is CCCNC(Cc1ccn(C2CCCC2)n1)C1CCC1. The van der Waals surface area contributed by atoms with Crippen molar-refractivity contribution in [1.29, 1.82) is 0 Å². The highest BCUT2D eigenvalue weighted by Crippen LogP contribution is 2.32. The van der Waals surface area contributed by atoms with Crippen molar-refractivity contribution >= 4 is 0 Å².